The summed E-state index contributed by atoms with van der Waals surface area (Å²) in [6.07, 6.45) is 2.93. The quantitative estimate of drug-likeness (QED) is 0.820. The third-order valence-electron chi connectivity index (χ3n) is 5.29. The maximum Gasteiger partial charge on any atom is 0.256 e. The van der Waals surface area contributed by atoms with Crippen LogP contribution in [0.4, 0.5) is 0 Å². The second-order valence-corrected chi connectivity index (χ2v) is 8.13. The van der Waals surface area contributed by atoms with E-state index < -0.39 is 0 Å². The minimum atomic E-state index is -0.0310. The van der Waals surface area contributed by atoms with Crippen LogP contribution in [0.3, 0.4) is 0 Å². The van der Waals surface area contributed by atoms with Gasteiger partial charge in [0.05, 0.1) is 12.1 Å². The van der Waals surface area contributed by atoms with Crippen LogP contribution in [0.25, 0.3) is 0 Å². The van der Waals surface area contributed by atoms with Gasteiger partial charge < -0.3 is 14.8 Å². The van der Waals surface area contributed by atoms with Gasteiger partial charge in [-0.25, -0.2) is 0 Å². The lowest BCUT2D eigenvalue weighted by atomic mass is 9.92. The molecule has 2 aliphatic heterocycles. The molecule has 0 unspecified atom stereocenters. The maximum absolute atomic E-state index is 12.6. The second-order valence-electron chi connectivity index (χ2n) is 7.73. The zero-order valence-electron chi connectivity index (χ0n) is 15.6. The first-order valence-corrected chi connectivity index (χ1v) is 9.82. The minimum Gasteiger partial charge on any atom is -0.352 e. The summed E-state index contributed by atoms with van der Waals surface area (Å²) in [7, 11) is 0. The Kier molecular flexibility index (Phi) is 6.09. The molecule has 3 heterocycles. The lowest BCUT2D eigenvalue weighted by Crippen LogP contribution is -2.53. The first kappa shape index (κ1) is 19.0. The molecule has 1 aromatic heterocycles. The summed E-state index contributed by atoms with van der Waals surface area (Å²) in [5.74, 6) is 1.34. The third kappa shape index (κ3) is 4.51. The number of piperazine rings is 1. The van der Waals surface area contributed by atoms with Gasteiger partial charge in [0, 0.05) is 45.5 Å². The fourth-order valence-electron chi connectivity index (χ4n) is 4.03. The van der Waals surface area contributed by atoms with Crippen LogP contribution in [-0.4, -0.2) is 77.3 Å². The SMILES string of the molecule is C[C@@H]1C[C@H](C)CN(C(=O)CN2CCN(C(=O)c3ccc[nH]c3=S)CC2)C1. The predicted octanol–water partition coefficient (Wildman–Crippen LogP) is 2.01. The molecule has 6 nitrogen and oxygen atoms in total. The molecule has 2 atom stereocenters. The van der Waals surface area contributed by atoms with Crippen molar-refractivity contribution in [1.29, 1.82) is 0 Å². The number of piperidine rings is 1. The van der Waals surface area contributed by atoms with Crippen molar-refractivity contribution in [3.8, 4) is 0 Å². The lowest BCUT2D eigenvalue weighted by Gasteiger charge is -2.38. The van der Waals surface area contributed by atoms with Crippen molar-refractivity contribution in [2.45, 2.75) is 20.3 Å². The molecule has 0 aliphatic carbocycles. The fraction of sp³-hybridized carbons (Fsp3) is 0.632. The smallest absolute Gasteiger partial charge is 0.256 e. The Morgan fingerprint density at radius 1 is 1.12 bits per heavy atom. The van der Waals surface area contributed by atoms with Gasteiger partial charge in [-0.3, -0.25) is 14.5 Å². The van der Waals surface area contributed by atoms with Crippen molar-refractivity contribution in [2.24, 2.45) is 11.8 Å². The molecular weight excluding hydrogens is 348 g/mol. The third-order valence-corrected chi connectivity index (χ3v) is 5.63. The van der Waals surface area contributed by atoms with E-state index in [-0.39, 0.29) is 11.8 Å². The Bertz CT molecular complexity index is 701. The Labute approximate surface area is 160 Å². The second kappa shape index (κ2) is 8.31. The molecule has 0 aromatic carbocycles. The summed E-state index contributed by atoms with van der Waals surface area (Å²) in [6.45, 7) is 9.32. The number of nitrogens with zero attached hydrogens (tertiary/aromatic N) is 3. The number of rotatable bonds is 3. The highest BCUT2D eigenvalue weighted by molar-refractivity contribution is 7.71. The average Bonchev–Trinajstić information content (AvgIpc) is 2.61. The molecule has 2 saturated heterocycles. The molecule has 142 valence electrons. The number of likely N-dealkylation sites (tertiary alicyclic amines) is 1. The van der Waals surface area contributed by atoms with Crippen LogP contribution < -0.4 is 0 Å². The van der Waals surface area contributed by atoms with Crippen LogP contribution in [0.2, 0.25) is 0 Å². The van der Waals surface area contributed by atoms with E-state index in [1.165, 1.54) is 6.42 Å². The minimum absolute atomic E-state index is 0.0310. The van der Waals surface area contributed by atoms with E-state index in [0.717, 1.165) is 26.2 Å². The molecule has 2 amide bonds. The topological polar surface area (TPSA) is 59.7 Å². The van der Waals surface area contributed by atoms with Crippen LogP contribution in [0.15, 0.2) is 18.3 Å². The number of hydrogen-bond donors (Lipinski definition) is 1. The molecule has 0 bridgehead atoms. The summed E-state index contributed by atoms with van der Waals surface area (Å²) >= 11 is 5.21. The fourth-order valence-corrected chi connectivity index (χ4v) is 4.25. The first-order chi connectivity index (χ1) is 12.4. The van der Waals surface area contributed by atoms with Crippen molar-refractivity contribution < 1.29 is 9.59 Å². The Hall–Kier alpha value is -1.73. The van der Waals surface area contributed by atoms with Crippen LogP contribution in [-0.2, 0) is 4.79 Å². The van der Waals surface area contributed by atoms with Crippen LogP contribution >= 0.6 is 12.2 Å². The number of hydrogen-bond acceptors (Lipinski definition) is 4. The highest BCUT2D eigenvalue weighted by Gasteiger charge is 2.28. The predicted molar refractivity (Wildman–Crippen MR) is 103 cm³/mol. The van der Waals surface area contributed by atoms with Gasteiger partial charge in [0.15, 0.2) is 0 Å². The van der Waals surface area contributed by atoms with Crippen molar-refractivity contribution in [3.63, 3.8) is 0 Å². The molecule has 0 spiro atoms. The molecule has 3 rings (SSSR count). The zero-order chi connectivity index (χ0) is 18.7. The van der Waals surface area contributed by atoms with Gasteiger partial charge in [-0.15, -0.1) is 0 Å². The van der Waals surface area contributed by atoms with E-state index in [9.17, 15) is 9.59 Å². The number of carbonyl (C=O) groups excluding carboxylic acids is 2. The van der Waals surface area contributed by atoms with E-state index >= 15 is 0 Å². The van der Waals surface area contributed by atoms with Crippen LogP contribution in [0.1, 0.15) is 30.6 Å². The molecule has 2 fully saturated rings. The Morgan fingerprint density at radius 3 is 2.38 bits per heavy atom. The number of nitrogens with one attached hydrogen (secondary N) is 1. The summed E-state index contributed by atoms with van der Waals surface area (Å²) in [5, 5.41) is 0. The molecular formula is C19H28N4O2S. The highest BCUT2D eigenvalue weighted by Crippen LogP contribution is 2.21. The van der Waals surface area contributed by atoms with E-state index in [1.54, 1.807) is 18.3 Å². The van der Waals surface area contributed by atoms with E-state index in [2.05, 4.69) is 23.7 Å². The number of pyridine rings is 1. The standard InChI is InChI=1S/C19H28N4O2S/c1-14-10-15(2)12-23(11-14)17(24)13-21-6-8-22(9-7-21)19(25)16-4-3-5-20-18(16)26/h3-5,14-15H,6-13H2,1-2H3,(H,20,26)/t14-,15+. The summed E-state index contributed by atoms with van der Waals surface area (Å²) in [6, 6.07) is 3.55. The van der Waals surface area contributed by atoms with Gasteiger partial charge in [0.25, 0.3) is 5.91 Å². The van der Waals surface area contributed by atoms with Crippen molar-refractivity contribution in [2.75, 3.05) is 45.8 Å². The van der Waals surface area contributed by atoms with E-state index in [1.807, 2.05) is 9.80 Å². The number of aromatic amines is 1. The lowest BCUT2D eigenvalue weighted by molar-refractivity contribution is -0.135. The van der Waals surface area contributed by atoms with Gasteiger partial charge >= 0.3 is 0 Å². The summed E-state index contributed by atoms with van der Waals surface area (Å²) < 4.78 is 0.475. The average molecular weight is 377 g/mol. The highest BCUT2D eigenvalue weighted by atomic mass is 32.1. The maximum atomic E-state index is 12.6. The van der Waals surface area contributed by atoms with E-state index in [4.69, 9.17) is 12.2 Å². The summed E-state index contributed by atoms with van der Waals surface area (Å²) in [4.78, 5) is 34.1. The van der Waals surface area contributed by atoms with Gasteiger partial charge in [-0.2, -0.15) is 0 Å². The van der Waals surface area contributed by atoms with Crippen LogP contribution in [0, 0.1) is 16.5 Å². The van der Waals surface area contributed by atoms with Crippen molar-refractivity contribution in [3.05, 3.63) is 28.5 Å². The van der Waals surface area contributed by atoms with Gasteiger partial charge in [-0.1, -0.05) is 26.1 Å². The molecule has 7 heteroatoms. The van der Waals surface area contributed by atoms with Gasteiger partial charge in [0.1, 0.15) is 4.64 Å². The monoisotopic (exact) mass is 376 g/mol. The first-order valence-electron chi connectivity index (χ1n) is 9.41. The van der Waals surface area contributed by atoms with Gasteiger partial charge in [0.2, 0.25) is 5.91 Å². The summed E-state index contributed by atoms with van der Waals surface area (Å²) in [5.41, 5.74) is 0.545. The van der Waals surface area contributed by atoms with Crippen molar-refractivity contribution in [1.82, 2.24) is 19.7 Å². The largest absolute Gasteiger partial charge is 0.352 e. The van der Waals surface area contributed by atoms with Crippen molar-refractivity contribution >= 4 is 24.0 Å². The Balaban J connectivity index is 1.51. The molecule has 0 saturated carbocycles. The number of aromatic nitrogens is 1. The molecule has 26 heavy (non-hydrogen) atoms. The number of H-pyrrole nitrogens is 1. The molecule has 1 N–H and O–H groups in total. The van der Waals surface area contributed by atoms with E-state index in [0.29, 0.717) is 41.7 Å². The normalized spacial score (nSPS) is 24.5. The van der Waals surface area contributed by atoms with Crippen LogP contribution in [0.5, 0.6) is 0 Å². The zero-order valence-corrected chi connectivity index (χ0v) is 16.4. The Morgan fingerprint density at radius 2 is 1.77 bits per heavy atom. The number of amides is 2. The molecule has 0 radical (unpaired) electrons. The molecule has 1 aromatic rings. The van der Waals surface area contributed by atoms with Gasteiger partial charge in [-0.05, 0) is 30.4 Å². The molecule has 2 aliphatic rings. The number of carbonyl (C=O) groups is 2.